The van der Waals surface area contributed by atoms with Crippen molar-refractivity contribution in [1.82, 2.24) is 4.98 Å². The average Bonchev–Trinajstić information content (AvgIpc) is 2.90. The molecule has 1 aromatic heterocycles. The Morgan fingerprint density at radius 3 is 2.60 bits per heavy atom. The van der Waals surface area contributed by atoms with Crippen LogP contribution in [-0.2, 0) is 0 Å². The molecule has 1 heterocycles. The first-order valence-corrected chi connectivity index (χ1v) is 8.61. The quantitative estimate of drug-likeness (QED) is 0.731. The van der Waals surface area contributed by atoms with E-state index in [1.54, 1.807) is 0 Å². The number of hydrogen-bond donors (Lipinski definition) is 1. The number of aliphatic hydroxyl groups is 1. The van der Waals surface area contributed by atoms with Gasteiger partial charge in [-0.3, -0.25) is 0 Å². The number of nitrogens with zero attached hydrogens (tertiary/aromatic N) is 1. The van der Waals surface area contributed by atoms with Crippen LogP contribution in [0.2, 0.25) is 5.32 Å². The third kappa shape index (κ3) is 3.10. The molecule has 1 atom stereocenters. The zero-order chi connectivity index (χ0) is 13.8. The predicted octanol–water partition coefficient (Wildman–Crippen LogP) is 2.70. The number of aliphatic hydroxyl groups excluding tert-OH is 1. The van der Waals surface area contributed by atoms with Crippen molar-refractivity contribution in [3.63, 3.8) is 0 Å². The summed E-state index contributed by atoms with van der Waals surface area (Å²) >= 11 is 0.161. The molecule has 3 aromatic rings. The van der Waals surface area contributed by atoms with Gasteiger partial charge in [0.1, 0.15) is 0 Å². The molecule has 0 aliphatic heterocycles. The normalized spacial score (nSPS) is 12.7. The second kappa shape index (κ2) is 6.23. The Kier molecular flexibility index (Phi) is 4.16. The van der Waals surface area contributed by atoms with E-state index in [1.165, 1.54) is 0 Å². The van der Waals surface area contributed by atoms with E-state index in [2.05, 4.69) is 4.98 Å². The number of fused-ring (bicyclic) bond motifs is 1. The van der Waals surface area contributed by atoms with Crippen LogP contribution in [0.25, 0.3) is 11.1 Å². The molecule has 20 heavy (non-hydrogen) atoms. The van der Waals surface area contributed by atoms with Crippen molar-refractivity contribution in [3.05, 3.63) is 60.2 Å². The van der Waals surface area contributed by atoms with Crippen molar-refractivity contribution in [2.75, 3.05) is 0 Å². The van der Waals surface area contributed by atoms with Crippen LogP contribution in [0.15, 0.2) is 59.0 Å². The predicted molar refractivity (Wildman–Crippen MR) is 80.2 cm³/mol. The summed E-state index contributed by atoms with van der Waals surface area (Å²) in [4.78, 5) is 5.27. The Morgan fingerprint density at radius 1 is 1.05 bits per heavy atom. The minimum atomic E-state index is -0.401. The summed E-state index contributed by atoms with van der Waals surface area (Å²) in [5, 5.41) is 11.0. The molecule has 0 bridgehead atoms. The molecule has 4 heteroatoms. The molecule has 3 rings (SSSR count). The first-order valence-electron chi connectivity index (χ1n) is 6.54. The van der Waals surface area contributed by atoms with Crippen molar-refractivity contribution in [2.24, 2.45) is 0 Å². The summed E-state index contributed by atoms with van der Waals surface area (Å²) in [5.74, 6) is 0. The summed E-state index contributed by atoms with van der Waals surface area (Å²) in [5.41, 5.74) is 2.72. The Hall–Kier alpha value is -1.61. The molecule has 0 aliphatic rings. The van der Waals surface area contributed by atoms with Gasteiger partial charge in [-0.15, -0.1) is 0 Å². The molecule has 102 valence electrons. The fraction of sp³-hybridized carbons (Fsp3) is 0.188. The standard InChI is InChI=1S/C16H15NO2Se/c18-14(12-6-2-1-3-7-12)10-11-20-16-17-13-8-4-5-9-15(13)19-16/h1-9,14,18H,10-11H2/t14-/m1/s1. The van der Waals surface area contributed by atoms with E-state index in [0.29, 0.717) is 0 Å². The van der Waals surface area contributed by atoms with Gasteiger partial charge in [0, 0.05) is 0 Å². The summed E-state index contributed by atoms with van der Waals surface area (Å²) < 4.78 is 5.69. The van der Waals surface area contributed by atoms with Crippen molar-refractivity contribution in [1.29, 1.82) is 0 Å². The molecule has 0 amide bonds. The van der Waals surface area contributed by atoms with Crippen LogP contribution in [-0.4, -0.2) is 25.0 Å². The third-order valence-corrected chi connectivity index (χ3v) is 4.88. The van der Waals surface area contributed by atoms with Gasteiger partial charge in [0.05, 0.1) is 0 Å². The van der Waals surface area contributed by atoms with Gasteiger partial charge in [-0.2, -0.15) is 0 Å². The second-order valence-electron chi connectivity index (χ2n) is 4.51. The zero-order valence-corrected chi connectivity index (χ0v) is 12.6. The number of para-hydroxylation sites is 2. The molecule has 0 aliphatic carbocycles. The van der Waals surface area contributed by atoms with Gasteiger partial charge < -0.3 is 0 Å². The van der Waals surface area contributed by atoms with E-state index in [0.717, 1.165) is 33.2 Å². The fourth-order valence-electron chi connectivity index (χ4n) is 2.01. The average molecular weight is 332 g/mol. The van der Waals surface area contributed by atoms with Gasteiger partial charge in [0.15, 0.2) is 0 Å². The molecule has 0 spiro atoms. The van der Waals surface area contributed by atoms with Crippen LogP contribution < -0.4 is 4.79 Å². The SMILES string of the molecule is O[C@H](CC[Se]c1nc2ccccc2o1)c1ccccc1. The number of benzene rings is 2. The van der Waals surface area contributed by atoms with E-state index in [4.69, 9.17) is 4.42 Å². The number of aromatic nitrogens is 1. The molecule has 0 saturated heterocycles. The van der Waals surface area contributed by atoms with E-state index < -0.39 is 6.10 Å². The topological polar surface area (TPSA) is 46.3 Å². The Bertz CT molecular complexity index is 648. The monoisotopic (exact) mass is 333 g/mol. The fourth-order valence-corrected chi connectivity index (χ4v) is 3.75. The molecule has 2 aromatic carbocycles. The number of hydrogen-bond acceptors (Lipinski definition) is 3. The Balaban J connectivity index is 1.57. The summed E-state index contributed by atoms with van der Waals surface area (Å²) in [6.45, 7) is 0. The van der Waals surface area contributed by atoms with Gasteiger partial charge in [0.2, 0.25) is 0 Å². The molecule has 0 unspecified atom stereocenters. The Morgan fingerprint density at radius 2 is 1.80 bits per heavy atom. The van der Waals surface area contributed by atoms with Crippen LogP contribution in [0.3, 0.4) is 0 Å². The van der Waals surface area contributed by atoms with E-state index in [1.807, 2.05) is 54.6 Å². The van der Waals surface area contributed by atoms with Crippen LogP contribution in [0.1, 0.15) is 18.1 Å². The third-order valence-electron chi connectivity index (χ3n) is 3.08. The van der Waals surface area contributed by atoms with Gasteiger partial charge in [-0.25, -0.2) is 0 Å². The molecular formula is C16H15NO2Se. The van der Waals surface area contributed by atoms with Gasteiger partial charge in [-0.1, -0.05) is 0 Å². The van der Waals surface area contributed by atoms with Crippen molar-refractivity contribution < 1.29 is 9.52 Å². The number of oxazole rings is 1. The van der Waals surface area contributed by atoms with E-state index in [9.17, 15) is 5.11 Å². The maximum atomic E-state index is 10.1. The van der Waals surface area contributed by atoms with Gasteiger partial charge in [-0.05, 0) is 0 Å². The molecule has 3 nitrogen and oxygen atoms in total. The molecule has 0 radical (unpaired) electrons. The molecular weight excluding hydrogens is 317 g/mol. The second-order valence-corrected chi connectivity index (χ2v) is 6.71. The Labute approximate surface area is 123 Å². The minimum absolute atomic E-state index is 0.161. The summed E-state index contributed by atoms with van der Waals surface area (Å²) in [7, 11) is 0. The van der Waals surface area contributed by atoms with E-state index in [-0.39, 0.29) is 15.0 Å². The van der Waals surface area contributed by atoms with Crippen molar-refractivity contribution in [3.8, 4) is 0 Å². The first-order chi connectivity index (χ1) is 9.83. The van der Waals surface area contributed by atoms with Crippen LogP contribution in [0.4, 0.5) is 0 Å². The van der Waals surface area contributed by atoms with Crippen molar-refractivity contribution >= 4 is 30.8 Å². The first kappa shape index (κ1) is 13.4. The maximum absolute atomic E-state index is 10.1. The molecule has 1 N–H and O–H groups in total. The molecule has 0 saturated carbocycles. The summed E-state index contributed by atoms with van der Waals surface area (Å²) in [6.07, 6.45) is 0.338. The van der Waals surface area contributed by atoms with Crippen molar-refractivity contribution in [2.45, 2.75) is 17.8 Å². The zero-order valence-electron chi connectivity index (χ0n) is 10.9. The van der Waals surface area contributed by atoms with E-state index >= 15 is 0 Å². The van der Waals surface area contributed by atoms with Gasteiger partial charge >= 0.3 is 123 Å². The van der Waals surface area contributed by atoms with Crippen LogP contribution in [0, 0.1) is 0 Å². The number of rotatable bonds is 5. The van der Waals surface area contributed by atoms with Crippen LogP contribution in [0.5, 0.6) is 0 Å². The van der Waals surface area contributed by atoms with Crippen LogP contribution >= 0.6 is 0 Å². The van der Waals surface area contributed by atoms with Gasteiger partial charge in [0.25, 0.3) is 0 Å². The molecule has 0 fully saturated rings. The summed E-state index contributed by atoms with van der Waals surface area (Å²) in [6, 6.07) is 17.6.